The first kappa shape index (κ1) is 21.4. The third-order valence-corrected chi connectivity index (χ3v) is 5.51. The summed E-state index contributed by atoms with van der Waals surface area (Å²) in [5, 5.41) is 8.01. The molecule has 3 rings (SSSR count). The lowest BCUT2D eigenvalue weighted by atomic mass is 10.1. The molecule has 1 aromatic rings. The molecule has 0 amide bonds. The SMILES string of the molecule is CN=C(NCc1c(C)nn(C)c1C)N1CCN(CC2CCOC2)CC1.I. The Balaban J connectivity index is 0.00000243. The van der Waals surface area contributed by atoms with E-state index in [2.05, 4.69) is 39.1 Å². The molecule has 0 radical (unpaired) electrons. The number of aliphatic imine (C=N–C) groups is 1. The van der Waals surface area contributed by atoms with Crippen molar-refractivity contribution in [2.75, 3.05) is 53.0 Å². The van der Waals surface area contributed by atoms with Gasteiger partial charge in [-0.1, -0.05) is 0 Å². The van der Waals surface area contributed by atoms with Gasteiger partial charge in [-0.2, -0.15) is 5.10 Å². The topological polar surface area (TPSA) is 57.9 Å². The third-order valence-electron chi connectivity index (χ3n) is 5.51. The van der Waals surface area contributed by atoms with E-state index in [-0.39, 0.29) is 24.0 Å². The molecular weight excluding hydrogens is 443 g/mol. The molecule has 2 aliphatic heterocycles. The number of hydrogen-bond donors (Lipinski definition) is 1. The van der Waals surface area contributed by atoms with Crippen molar-refractivity contribution in [3.05, 3.63) is 17.0 Å². The Morgan fingerprint density at radius 3 is 2.54 bits per heavy atom. The van der Waals surface area contributed by atoms with E-state index >= 15 is 0 Å². The lowest BCUT2D eigenvalue weighted by Crippen LogP contribution is -2.53. The second-order valence-corrected chi connectivity index (χ2v) is 7.19. The van der Waals surface area contributed by atoms with Crippen molar-refractivity contribution in [2.24, 2.45) is 18.0 Å². The third kappa shape index (κ3) is 5.10. The first-order valence-electron chi connectivity index (χ1n) is 9.33. The maximum absolute atomic E-state index is 5.50. The fraction of sp³-hybridized carbons (Fsp3) is 0.778. The quantitative estimate of drug-likeness (QED) is 0.405. The maximum atomic E-state index is 5.50. The van der Waals surface area contributed by atoms with Crippen LogP contribution in [0.3, 0.4) is 0 Å². The number of nitrogens with zero attached hydrogens (tertiary/aromatic N) is 5. The van der Waals surface area contributed by atoms with E-state index in [9.17, 15) is 0 Å². The van der Waals surface area contributed by atoms with E-state index in [1.54, 1.807) is 0 Å². The predicted octanol–water partition coefficient (Wildman–Crippen LogP) is 1.38. The minimum atomic E-state index is 0. The fourth-order valence-corrected chi connectivity index (χ4v) is 3.81. The van der Waals surface area contributed by atoms with Crippen LogP contribution in [0.1, 0.15) is 23.4 Å². The molecule has 148 valence electrons. The zero-order valence-electron chi connectivity index (χ0n) is 16.5. The van der Waals surface area contributed by atoms with Crippen molar-refractivity contribution in [2.45, 2.75) is 26.8 Å². The average Bonchev–Trinajstić information content (AvgIpc) is 3.20. The number of aromatic nitrogens is 2. The van der Waals surface area contributed by atoms with Crippen LogP contribution in [0.25, 0.3) is 0 Å². The molecule has 0 aliphatic carbocycles. The van der Waals surface area contributed by atoms with Gasteiger partial charge >= 0.3 is 0 Å². The van der Waals surface area contributed by atoms with Gasteiger partial charge < -0.3 is 15.0 Å². The molecule has 0 bridgehead atoms. The van der Waals surface area contributed by atoms with Crippen molar-refractivity contribution in [3.63, 3.8) is 0 Å². The molecule has 3 heterocycles. The summed E-state index contributed by atoms with van der Waals surface area (Å²) in [6, 6.07) is 0. The fourth-order valence-electron chi connectivity index (χ4n) is 3.81. The van der Waals surface area contributed by atoms with Crippen LogP contribution < -0.4 is 5.32 Å². The summed E-state index contributed by atoms with van der Waals surface area (Å²) in [7, 11) is 3.86. The van der Waals surface area contributed by atoms with Gasteiger partial charge in [0.05, 0.1) is 12.3 Å². The molecule has 1 N–H and O–H groups in total. The highest BCUT2D eigenvalue weighted by Gasteiger charge is 2.24. The van der Waals surface area contributed by atoms with E-state index in [0.29, 0.717) is 0 Å². The van der Waals surface area contributed by atoms with Crippen molar-refractivity contribution < 1.29 is 4.74 Å². The number of guanidine groups is 1. The zero-order chi connectivity index (χ0) is 17.8. The Bertz CT molecular complexity index is 603. The van der Waals surface area contributed by atoms with Gasteiger partial charge in [0.2, 0.25) is 0 Å². The standard InChI is InChI=1S/C18H32N6O.HI/c1-14-17(15(2)22(4)21-14)11-20-18(19-3)24-8-6-23(7-9-24)12-16-5-10-25-13-16;/h16H,5-13H2,1-4H3,(H,19,20);1H. The van der Waals surface area contributed by atoms with Gasteiger partial charge in [0.15, 0.2) is 5.96 Å². The van der Waals surface area contributed by atoms with Crippen LogP contribution >= 0.6 is 24.0 Å². The van der Waals surface area contributed by atoms with Crippen molar-refractivity contribution in [1.29, 1.82) is 0 Å². The average molecular weight is 476 g/mol. The first-order valence-corrected chi connectivity index (χ1v) is 9.33. The molecule has 0 saturated carbocycles. The number of ether oxygens (including phenoxy) is 1. The Kier molecular flexibility index (Phi) is 8.15. The molecule has 1 aromatic heterocycles. The van der Waals surface area contributed by atoms with Crippen molar-refractivity contribution in [1.82, 2.24) is 24.9 Å². The smallest absolute Gasteiger partial charge is 0.194 e. The van der Waals surface area contributed by atoms with Gasteiger partial charge in [-0.25, -0.2) is 0 Å². The highest BCUT2D eigenvalue weighted by atomic mass is 127. The van der Waals surface area contributed by atoms with Gasteiger partial charge in [-0.15, -0.1) is 24.0 Å². The van der Waals surface area contributed by atoms with E-state index in [1.807, 2.05) is 18.8 Å². The van der Waals surface area contributed by atoms with Gasteiger partial charge in [0.1, 0.15) is 0 Å². The number of rotatable bonds is 4. The molecule has 2 saturated heterocycles. The van der Waals surface area contributed by atoms with Gasteiger partial charge in [0.25, 0.3) is 0 Å². The summed E-state index contributed by atoms with van der Waals surface area (Å²) in [5.41, 5.74) is 3.57. The molecule has 8 heteroatoms. The number of piperazine rings is 1. The number of hydrogen-bond acceptors (Lipinski definition) is 4. The predicted molar refractivity (Wildman–Crippen MR) is 115 cm³/mol. The second-order valence-electron chi connectivity index (χ2n) is 7.19. The summed E-state index contributed by atoms with van der Waals surface area (Å²) in [6.07, 6.45) is 1.22. The zero-order valence-corrected chi connectivity index (χ0v) is 18.8. The summed E-state index contributed by atoms with van der Waals surface area (Å²) in [4.78, 5) is 9.42. The van der Waals surface area contributed by atoms with E-state index in [1.165, 1.54) is 24.2 Å². The lowest BCUT2D eigenvalue weighted by Gasteiger charge is -2.37. The summed E-state index contributed by atoms with van der Waals surface area (Å²) in [5.74, 6) is 1.71. The van der Waals surface area contributed by atoms with Crippen LogP contribution in [0.4, 0.5) is 0 Å². The molecule has 7 nitrogen and oxygen atoms in total. The molecule has 2 aliphatic rings. The van der Waals surface area contributed by atoms with Gasteiger partial charge in [-0.05, 0) is 26.2 Å². The van der Waals surface area contributed by atoms with Crippen molar-refractivity contribution >= 4 is 29.9 Å². The number of aryl methyl sites for hydroxylation is 2. The monoisotopic (exact) mass is 476 g/mol. The normalized spacial score (nSPS) is 21.8. The lowest BCUT2D eigenvalue weighted by molar-refractivity contribution is 0.139. The maximum Gasteiger partial charge on any atom is 0.194 e. The van der Waals surface area contributed by atoms with Crippen LogP contribution in [-0.4, -0.2) is 78.5 Å². The summed E-state index contributed by atoms with van der Waals surface area (Å²) in [6.45, 7) is 12.3. The van der Waals surface area contributed by atoms with E-state index in [4.69, 9.17) is 4.74 Å². The molecule has 1 unspecified atom stereocenters. The minimum absolute atomic E-state index is 0. The van der Waals surface area contributed by atoms with E-state index < -0.39 is 0 Å². The molecule has 2 fully saturated rings. The van der Waals surface area contributed by atoms with Crippen LogP contribution in [0.15, 0.2) is 4.99 Å². The van der Waals surface area contributed by atoms with Gasteiger partial charge in [-0.3, -0.25) is 14.6 Å². The molecule has 1 atom stereocenters. The largest absolute Gasteiger partial charge is 0.381 e. The van der Waals surface area contributed by atoms with Gasteiger partial charge in [0, 0.05) is 71.2 Å². The highest BCUT2D eigenvalue weighted by molar-refractivity contribution is 14.0. The summed E-state index contributed by atoms with van der Waals surface area (Å²) < 4.78 is 7.44. The Labute approximate surface area is 174 Å². The Hall–Kier alpha value is -0.870. The van der Waals surface area contributed by atoms with Crippen LogP contribution in [-0.2, 0) is 18.3 Å². The van der Waals surface area contributed by atoms with Crippen LogP contribution in [0, 0.1) is 19.8 Å². The van der Waals surface area contributed by atoms with Crippen LogP contribution in [0.5, 0.6) is 0 Å². The van der Waals surface area contributed by atoms with E-state index in [0.717, 1.165) is 63.5 Å². The Morgan fingerprint density at radius 2 is 2.00 bits per heavy atom. The Morgan fingerprint density at radius 1 is 1.27 bits per heavy atom. The number of halogens is 1. The summed E-state index contributed by atoms with van der Waals surface area (Å²) >= 11 is 0. The first-order chi connectivity index (χ1) is 12.1. The van der Waals surface area contributed by atoms with Crippen molar-refractivity contribution in [3.8, 4) is 0 Å². The molecule has 26 heavy (non-hydrogen) atoms. The highest BCUT2D eigenvalue weighted by Crippen LogP contribution is 2.15. The van der Waals surface area contributed by atoms with Crippen LogP contribution in [0.2, 0.25) is 0 Å². The molecule has 0 spiro atoms. The minimum Gasteiger partial charge on any atom is -0.381 e. The molecule has 0 aromatic carbocycles. The molecular formula is C18H33IN6O. The second kappa shape index (κ2) is 9.89. The number of nitrogens with one attached hydrogen (secondary N) is 1.